The van der Waals surface area contributed by atoms with Gasteiger partial charge in [0.1, 0.15) is 18.8 Å². The predicted octanol–water partition coefficient (Wildman–Crippen LogP) is -0.367. The van der Waals surface area contributed by atoms with Gasteiger partial charge in [-0.15, -0.1) is 0 Å². The molecule has 2 rings (SSSR count). The molecule has 1 aromatic heterocycles. The molecule has 0 spiro atoms. The minimum absolute atomic E-state index is 0.161. The van der Waals surface area contributed by atoms with E-state index in [4.69, 9.17) is 14.3 Å². The fourth-order valence-electron chi connectivity index (χ4n) is 2.38. The van der Waals surface area contributed by atoms with Crippen molar-refractivity contribution < 1.29 is 23.5 Å². The molecule has 1 aliphatic rings. The highest BCUT2D eigenvalue weighted by molar-refractivity contribution is 5.71. The van der Waals surface area contributed by atoms with Gasteiger partial charge in [0.2, 0.25) is 5.91 Å². The van der Waals surface area contributed by atoms with Crippen molar-refractivity contribution in [2.24, 2.45) is 0 Å². The van der Waals surface area contributed by atoms with Crippen LogP contribution in [0.5, 0.6) is 0 Å². The van der Waals surface area contributed by atoms with Crippen LogP contribution >= 0.6 is 0 Å². The molecule has 9 nitrogen and oxygen atoms in total. The number of hydroxylamine groups is 1. The van der Waals surface area contributed by atoms with E-state index in [1.54, 1.807) is 13.8 Å². The van der Waals surface area contributed by atoms with Gasteiger partial charge in [-0.3, -0.25) is 24.0 Å². The molecular weight excluding hydrogens is 325 g/mol. The largest absolute Gasteiger partial charge is 0.370 e. The smallest absolute Gasteiger partial charge is 0.330 e. The number of alkyl halides is 1. The molecule has 1 fully saturated rings. The maximum Gasteiger partial charge on any atom is 0.330 e. The summed E-state index contributed by atoms with van der Waals surface area (Å²) in [6.45, 7) is 4.57. The minimum Gasteiger partial charge on any atom is -0.370 e. The fourth-order valence-corrected chi connectivity index (χ4v) is 2.38. The first-order valence-electron chi connectivity index (χ1n) is 7.44. The summed E-state index contributed by atoms with van der Waals surface area (Å²) in [5, 5.41) is 0. The quantitative estimate of drug-likeness (QED) is 0.681. The van der Waals surface area contributed by atoms with E-state index in [2.05, 4.69) is 5.48 Å². The first kappa shape index (κ1) is 18.3. The normalized spacial score (nSPS) is 26.7. The van der Waals surface area contributed by atoms with Crippen LogP contribution in [-0.4, -0.2) is 46.5 Å². The summed E-state index contributed by atoms with van der Waals surface area (Å²) in [5.41, 5.74) is 0.739. The zero-order valence-corrected chi connectivity index (χ0v) is 13.5. The maximum absolute atomic E-state index is 14.8. The monoisotopic (exact) mass is 345 g/mol. The van der Waals surface area contributed by atoms with Crippen molar-refractivity contribution in [1.82, 2.24) is 15.0 Å². The number of hydrogen-bond donors (Lipinski definition) is 2. The molecule has 24 heavy (non-hydrogen) atoms. The van der Waals surface area contributed by atoms with Gasteiger partial charge in [-0.05, 0) is 13.8 Å². The molecule has 1 amide bonds. The van der Waals surface area contributed by atoms with Crippen molar-refractivity contribution >= 4 is 5.91 Å². The number of carbonyl (C=O) groups is 1. The van der Waals surface area contributed by atoms with E-state index in [1.165, 1.54) is 6.92 Å². The first-order valence-corrected chi connectivity index (χ1v) is 7.44. The highest BCUT2D eigenvalue weighted by atomic mass is 19.1. The van der Waals surface area contributed by atoms with E-state index in [-0.39, 0.29) is 12.7 Å². The number of nitrogens with one attached hydrogen (secondary N) is 2. The van der Waals surface area contributed by atoms with Crippen LogP contribution in [0.4, 0.5) is 4.39 Å². The summed E-state index contributed by atoms with van der Waals surface area (Å²) in [6.07, 6.45) is -3.92. The summed E-state index contributed by atoms with van der Waals surface area (Å²) in [6, 6.07) is 1.09. The van der Waals surface area contributed by atoms with Crippen LogP contribution in [0.3, 0.4) is 0 Å². The number of aromatic nitrogens is 2. The topological polar surface area (TPSA) is 112 Å². The predicted molar refractivity (Wildman–Crippen MR) is 79.9 cm³/mol. The molecule has 10 heteroatoms. The molecule has 134 valence electrons. The average Bonchev–Trinajstić information content (AvgIpc) is 2.76. The second kappa shape index (κ2) is 7.69. The van der Waals surface area contributed by atoms with Crippen LogP contribution in [-0.2, 0) is 19.1 Å². The third kappa shape index (κ3) is 4.28. The molecule has 0 aromatic carbocycles. The van der Waals surface area contributed by atoms with Gasteiger partial charge in [0.25, 0.3) is 5.56 Å². The van der Waals surface area contributed by atoms with Crippen LogP contribution in [0.15, 0.2) is 21.9 Å². The van der Waals surface area contributed by atoms with E-state index in [9.17, 15) is 18.8 Å². The van der Waals surface area contributed by atoms with Gasteiger partial charge >= 0.3 is 5.69 Å². The Hall–Kier alpha value is -2.04. The number of hydrogen-bond acceptors (Lipinski definition) is 6. The zero-order chi connectivity index (χ0) is 17.9. The summed E-state index contributed by atoms with van der Waals surface area (Å²) < 4.78 is 26.8. The van der Waals surface area contributed by atoms with Gasteiger partial charge in [-0.1, -0.05) is 0 Å². The Balaban J connectivity index is 2.20. The van der Waals surface area contributed by atoms with E-state index < -0.39 is 41.8 Å². The van der Waals surface area contributed by atoms with Crippen LogP contribution in [0, 0.1) is 0 Å². The van der Waals surface area contributed by atoms with Crippen LogP contribution in [0.1, 0.15) is 27.0 Å². The number of H-pyrrole nitrogens is 1. The first-order chi connectivity index (χ1) is 11.3. The lowest BCUT2D eigenvalue weighted by Gasteiger charge is -2.21. The Morgan fingerprint density at radius 3 is 2.79 bits per heavy atom. The molecule has 1 aromatic rings. The minimum atomic E-state index is -1.66. The van der Waals surface area contributed by atoms with Crippen molar-refractivity contribution in [2.45, 2.75) is 51.5 Å². The summed E-state index contributed by atoms with van der Waals surface area (Å²) in [5.74, 6) is -0.417. The summed E-state index contributed by atoms with van der Waals surface area (Å²) in [4.78, 5) is 40.8. The molecule has 4 atom stereocenters. The number of halogens is 1. The van der Waals surface area contributed by atoms with Crippen molar-refractivity contribution in [3.8, 4) is 0 Å². The molecule has 0 aliphatic carbocycles. The molecule has 2 heterocycles. The molecule has 0 radical (unpaired) electrons. The highest BCUT2D eigenvalue weighted by Crippen LogP contribution is 2.33. The van der Waals surface area contributed by atoms with Gasteiger partial charge in [0.05, 0.1) is 6.10 Å². The van der Waals surface area contributed by atoms with E-state index in [0.29, 0.717) is 0 Å². The SMILES string of the molecule is CC(=O)NOCC1O[C@@H](n2ccc(=O)[nH]c2=O)[C@H](F)[C@@H]1OC(C)C. The molecule has 1 aliphatic heterocycles. The van der Waals surface area contributed by atoms with Gasteiger partial charge in [-0.25, -0.2) is 14.7 Å². The van der Waals surface area contributed by atoms with E-state index in [1.807, 2.05) is 4.98 Å². The molecular formula is C14H20FN3O6. The summed E-state index contributed by atoms with van der Waals surface area (Å²) >= 11 is 0. The van der Waals surface area contributed by atoms with Gasteiger partial charge in [0, 0.05) is 19.2 Å². The third-order valence-electron chi connectivity index (χ3n) is 3.29. The lowest BCUT2D eigenvalue weighted by Crippen LogP contribution is -2.39. The Kier molecular flexibility index (Phi) is 5.86. The lowest BCUT2D eigenvalue weighted by atomic mass is 10.1. The Morgan fingerprint density at radius 2 is 2.21 bits per heavy atom. The van der Waals surface area contributed by atoms with Crippen molar-refractivity contribution in [3.05, 3.63) is 33.1 Å². The second-order valence-electron chi connectivity index (χ2n) is 5.65. The van der Waals surface area contributed by atoms with Crippen molar-refractivity contribution in [1.29, 1.82) is 0 Å². The molecule has 0 bridgehead atoms. The lowest BCUT2D eigenvalue weighted by molar-refractivity contribution is -0.140. The van der Waals surface area contributed by atoms with E-state index in [0.717, 1.165) is 16.8 Å². The Morgan fingerprint density at radius 1 is 1.50 bits per heavy atom. The van der Waals surface area contributed by atoms with Crippen molar-refractivity contribution in [3.63, 3.8) is 0 Å². The number of rotatable bonds is 6. The standard InChI is InChI=1S/C14H20FN3O6/c1-7(2)23-12-9(6-22-17-8(3)19)24-13(11(12)15)18-5-4-10(20)16-14(18)21/h4-5,7,9,11-13H,6H2,1-3H3,(H,17,19)(H,16,20,21)/t9?,11-,12-,13-/m1/s1. The number of amides is 1. The van der Waals surface area contributed by atoms with Gasteiger partial charge in [0.15, 0.2) is 12.4 Å². The number of nitrogens with zero attached hydrogens (tertiary/aromatic N) is 1. The number of ether oxygens (including phenoxy) is 2. The summed E-state index contributed by atoms with van der Waals surface area (Å²) in [7, 11) is 0. The third-order valence-corrected chi connectivity index (χ3v) is 3.29. The Bertz CT molecular complexity index is 688. The average molecular weight is 345 g/mol. The second-order valence-corrected chi connectivity index (χ2v) is 5.65. The highest BCUT2D eigenvalue weighted by Gasteiger charge is 2.47. The number of carbonyl (C=O) groups excluding carboxylic acids is 1. The van der Waals surface area contributed by atoms with Gasteiger partial charge < -0.3 is 9.47 Å². The van der Waals surface area contributed by atoms with Gasteiger partial charge in [-0.2, -0.15) is 0 Å². The van der Waals surface area contributed by atoms with Crippen LogP contribution in [0.2, 0.25) is 0 Å². The van der Waals surface area contributed by atoms with Crippen LogP contribution < -0.4 is 16.7 Å². The Labute approximate surface area is 136 Å². The van der Waals surface area contributed by atoms with Crippen molar-refractivity contribution in [2.75, 3.05) is 6.61 Å². The van der Waals surface area contributed by atoms with E-state index >= 15 is 0 Å². The molecule has 1 saturated heterocycles. The molecule has 2 N–H and O–H groups in total. The zero-order valence-electron chi connectivity index (χ0n) is 13.5. The van der Waals surface area contributed by atoms with Crippen LogP contribution in [0.25, 0.3) is 0 Å². The molecule has 1 unspecified atom stereocenters. The molecule has 0 saturated carbocycles. The number of aromatic amines is 1. The maximum atomic E-state index is 14.8. The fraction of sp³-hybridized carbons (Fsp3) is 0.643.